The molecule has 0 spiro atoms. The summed E-state index contributed by atoms with van der Waals surface area (Å²) < 4.78 is 0. The number of hydrogen-bond acceptors (Lipinski definition) is 4. The van der Waals surface area contributed by atoms with E-state index >= 15 is 0 Å². The normalized spacial score (nSPS) is 9.46. The maximum absolute atomic E-state index is 10.6. The quantitative estimate of drug-likeness (QED) is 0.495. The van der Waals surface area contributed by atoms with Gasteiger partial charge in [-0.3, -0.25) is 9.78 Å². The Hall–Kier alpha value is -1.40. The molecule has 5 nitrogen and oxygen atoms in total. The van der Waals surface area contributed by atoms with Gasteiger partial charge in [-0.2, -0.15) is 0 Å². The number of pyridine rings is 1. The highest BCUT2D eigenvalue weighted by atomic mass is 16.4. The third-order valence-corrected chi connectivity index (χ3v) is 1.37. The molecule has 0 aromatic carbocycles. The second-order valence-electron chi connectivity index (χ2n) is 2.53. The fraction of sp³-hybridized carbons (Fsp3) is 0.143. The molecule has 6 heteroatoms. The van der Waals surface area contributed by atoms with Crippen molar-refractivity contribution in [2.24, 2.45) is 0 Å². The van der Waals surface area contributed by atoms with Crippen molar-refractivity contribution in [2.45, 2.75) is 6.92 Å². The van der Waals surface area contributed by atoms with E-state index in [9.17, 15) is 4.79 Å². The van der Waals surface area contributed by atoms with Gasteiger partial charge in [0.2, 0.25) is 5.91 Å². The van der Waals surface area contributed by atoms with Crippen LogP contribution in [0.25, 0.3) is 0 Å². The fourth-order valence-electron chi connectivity index (χ4n) is 0.835. The molecule has 1 aromatic heterocycles. The van der Waals surface area contributed by atoms with Gasteiger partial charge < -0.3 is 15.4 Å². The SMILES string of the molecule is CC(=O)Nc1ccc(B(O)O)nc1. The number of amides is 1. The molecule has 0 saturated carbocycles. The van der Waals surface area contributed by atoms with E-state index in [2.05, 4.69) is 10.3 Å². The number of rotatable bonds is 2. The van der Waals surface area contributed by atoms with Crippen molar-refractivity contribution in [3.8, 4) is 0 Å². The van der Waals surface area contributed by atoms with Gasteiger partial charge in [-0.15, -0.1) is 0 Å². The Balaban J connectivity index is 2.75. The van der Waals surface area contributed by atoms with Crippen LogP contribution in [0.2, 0.25) is 0 Å². The molecule has 0 aliphatic heterocycles. The third-order valence-electron chi connectivity index (χ3n) is 1.37. The smallest absolute Gasteiger partial charge is 0.422 e. The van der Waals surface area contributed by atoms with E-state index in [1.165, 1.54) is 19.2 Å². The standard InChI is InChI=1S/C7H9BN2O3/c1-5(11)10-6-2-3-7(8(12)13)9-4-6/h2-4,12-13H,1H3,(H,10,11). The average Bonchev–Trinajstić information content (AvgIpc) is 2.04. The first-order valence-electron chi connectivity index (χ1n) is 3.69. The molecule has 0 saturated heterocycles. The maximum Gasteiger partial charge on any atom is 0.508 e. The van der Waals surface area contributed by atoms with Gasteiger partial charge >= 0.3 is 7.12 Å². The molecule has 1 aromatic rings. The van der Waals surface area contributed by atoms with Crippen LogP contribution in [-0.4, -0.2) is 28.1 Å². The molecule has 13 heavy (non-hydrogen) atoms. The van der Waals surface area contributed by atoms with Crippen molar-refractivity contribution in [3.63, 3.8) is 0 Å². The summed E-state index contributed by atoms with van der Waals surface area (Å²) in [7, 11) is -1.58. The van der Waals surface area contributed by atoms with Crippen LogP contribution in [0.4, 0.5) is 5.69 Å². The Morgan fingerprint density at radius 3 is 2.62 bits per heavy atom. The summed E-state index contributed by atoms with van der Waals surface area (Å²) in [4.78, 5) is 14.3. The molecular formula is C7H9BN2O3. The first-order chi connectivity index (χ1) is 6.09. The van der Waals surface area contributed by atoms with E-state index < -0.39 is 7.12 Å². The van der Waals surface area contributed by atoms with Gasteiger partial charge in [-0.1, -0.05) is 0 Å². The Morgan fingerprint density at radius 2 is 2.23 bits per heavy atom. The second kappa shape index (κ2) is 4.02. The van der Waals surface area contributed by atoms with Gasteiger partial charge in [-0.25, -0.2) is 0 Å². The number of carbonyl (C=O) groups excluding carboxylic acids is 1. The van der Waals surface area contributed by atoms with E-state index in [-0.39, 0.29) is 11.5 Å². The van der Waals surface area contributed by atoms with Crippen LogP contribution in [0.3, 0.4) is 0 Å². The number of anilines is 1. The van der Waals surface area contributed by atoms with Gasteiger partial charge in [0.1, 0.15) is 0 Å². The lowest BCUT2D eigenvalue weighted by molar-refractivity contribution is -0.114. The predicted octanol–water partition coefficient (Wildman–Crippen LogP) is -1.28. The molecule has 3 N–H and O–H groups in total. The number of carbonyl (C=O) groups is 1. The summed E-state index contributed by atoms with van der Waals surface area (Å²) in [6, 6.07) is 2.97. The number of hydrogen-bond donors (Lipinski definition) is 3. The minimum absolute atomic E-state index is 0.147. The molecule has 68 valence electrons. The summed E-state index contributed by atoms with van der Waals surface area (Å²) in [6.07, 6.45) is 1.36. The summed E-state index contributed by atoms with van der Waals surface area (Å²) in [5.74, 6) is -0.195. The molecule has 0 aliphatic carbocycles. The molecule has 0 radical (unpaired) electrons. The summed E-state index contributed by atoms with van der Waals surface area (Å²) in [5.41, 5.74) is 0.672. The van der Waals surface area contributed by atoms with Gasteiger partial charge in [0.15, 0.2) is 0 Å². The van der Waals surface area contributed by atoms with Crippen LogP contribution in [0.15, 0.2) is 18.3 Å². The van der Waals surface area contributed by atoms with E-state index in [1.807, 2.05) is 0 Å². The zero-order valence-corrected chi connectivity index (χ0v) is 7.06. The van der Waals surface area contributed by atoms with Crippen molar-refractivity contribution in [1.82, 2.24) is 4.98 Å². The Labute approximate surface area is 75.6 Å². The summed E-state index contributed by atoms with van der Waals surface area (Å²) in [6.45, 7) is 1.38. The Kier molecular flexibility index (Phi) is 3.00. The van der Waals surface area contributed by atoms with Crippen LogP contribution < -0.4 is 10.9 Å². The van der Waals surface area contributed by atoms with Crippen LogP contribution in [-0.2, 0) is 4.79 Å². The average molecular weight is 180 g/mol. The molecule has 0 bridgehead atoms. The number of aromatic nitrogens is 1. The highest BCUT2D eigenvalue weighted by Crippen LogP contribution is 2.00. The zero-order chi connectivity index (χ0) is 9.84. The molecule has 0 fully saturated rings. The number of nitrogens with zero attached hydrogens (tertiary/aromatic N) is 1. The molecule has 0 aliphatic rings. The third kappa shape index (κ3) is 2.85. The minimum atomic E-state index is -1.58. The van der Waals surface area contributed by atoms with Gasteiger partial charge in [0, 0.05) is 13.1 Å². The molecular weight excluding hydrogens is 171 g/mol. The molecule has 1 heterocycles. The van der Waals surface area contributed by atoms with Gasteiger partial charge in [0.25, 0.3) is 0 Å². The monoisotopic (exact) mass is 180 g/mol. The Bertz CT molecular complexity index is 299. The van der Waals surface area contributed by atoms with E-state index in [0.717, 1.165) is 0 Å². The van der Waals surface area contributed by atoms with Crippen molar-refractivity contribution in [1.29, 1.82) is 0 Å². The Morgan fingerprint density at radius 1 is 1.54 bits per heavy atom. The van der Waals surface area contributed by atoms with Crippen molar-refractivity contribution >= 4 is 24.3 Å². The van der Waals surface area contributed by atoms with Crippen molar-refractivity contribution in [2.75, 3.05) is 5.32 Å². The highest BCUT2D eigenvalue weighted by Gasteiger charge is 2.11. The van der Waals surface area contributed by atoms with Crippen molar-refractivity contribution in [3.05, 3.63) is 18.3 Å². The van der Waals surface area contributed by atoms with Gasteiger partial charge in [-0.05, 0) is 12.1 Å². The fourth-order valence-corrected chi connectivity index (χ4v) is 0.835. The van der Waals surface area contributed by atoms with Gasteiger partial charge in [0.05, 0.1) is 11.3 Å². The lowest BCUT2D eigenvalue weighted by Gasteiger charge is -2.02. The van der Waals surface area contributed by atoms with Crippen molar-refractivity contribution < 1.29 is 14.8 Å². The topological polar surface area (TPSA) is 82.5 Å². The van der Waals surface area contributed by atoms with Crippen LogP contribution in [0.1, 0.15) is 6.92 Å². The lowest BCUT2D eigenvalue weighted by Crippen LogP contribution is -2.32. The van der Waals surface area contributed by atoms with Crippen LogP contribution >= 0.6 is 0 Å². The molecule has 1 amide bonds. The predicted molar refractivity (Wildman–Crippen MR) is 48.4 cm³/mol. The van der Waals surface area contributed by atoms with Crippen LogP contribution in [0, 0.1) is 0 Å². The van der Waals surface area contributed by atoms with Crippen LogP contribution in [0.5, 0.6) is 0 Å². The first kappa shape index (κ1) is 9.69. The molecule has 1 rings (SSSR count). The lowest BCUT2D eigenvalue weighted by atomic mass is 9.86. The molecule has 0 unspecified atom stereocenters. The summed E-state index contributed by atoms with van der Waals surface area (Å²) in [5, 5.41) is 19.9. The summed E-state index contributed by atoms with van der Waals surface area (Å²) >= 11 is 0. The maximum atomic E-state index is 10.6. The first-order valence-corrected chi connectivity index (χ1v) is 3.69. The second-order valence-corrected chi connectivity index (χ2v) is 2.53. The van der Waals surface area contributed by atoms with E-state index in [1.54, 1.807) is 6.07 Å². The minimum Gasteiger partial charge on any atom is -0.422 e. The molecule has 0 atom stereocenters. The highest BCUT2D eigenvalue weighted by molar-refractivity contribution is 6.57. The zero-order valence-electron chi connectivity index (χ0n) is 7.06. The largest absolute Gasteiger partial charge is 0.508 e. The van der Waals surface area contributed by atoms with E-state index in [0.29, 0.717) is 5.69 Å². The number of nitrogens with one attached hydrogen (secondary N) is 1. The van der Waals surface area contributed by atoms with E-state index in [4.69, 9.17) is 10.0 Å².